The minimum absolute atomic E-state index is 0.264. The summed E-state index contributed by atoms with van der Waals surface area (Å²) in [5, 5.41) is 5.38. The fourth-order valence-electron chi connectivity index (χ4n) is 2.91. The van der Waals surface area contributed by atoms with Gasteiger partial charge in [0.05, 0.1) is 5.52 Å². The molecule has 1 amide bonds. The lowest BCUT2D eigenvalue weighted by molar-refractivity contribution is 0.0991. The van der Waals surface area contributed by atoms with Crippen LogP contribution in [0.1, 0.15) is 35.3 Å². The topological polar surface area (TPSA) is 60.9 Å². The number of fused-ring (bicyclic) bond motifs is 1. The summed E-state index contributed by atoms with van der Waals surface area (Å²) < 4.78 is 2.80. The van der Waals surface area contributed by atoms with Crippen molar-refractivity contribution >= 4 is 32.7 Å². The van der Waals surface area contributed by atoms with Gasteiger partial charge in [0.15, 0.2) is 0 Å². The largest absolute Gasteiger partial charge is 0.364 e. The highest BCUT2D eigenvalue weighted by atomic mass is 79.9. The van der Waals surface area contributed by atoms with Crippen LogP contribution < -0.4 is 5.73 Å². The summed E-state index contributed by atoms with van der Waals surface area (Å²) >= 11 is 3.51. The van der Waals surface area contributed by atoms with Crippen LogP contribution in [0.3, 0.4) is 0 Å². The number of nitrogens with two attached hydrogens (primary N) is 1. The van der Waals surface area contributed by atoms with E-state index in [2.05, 4.69) is 40.1 Å². The summed E-state index contributed by atoms with van der Waals surface area (Å²) in [4.78, 5) is 11.9. The zero-order valence-electron chi connectivity index (χ0n) is 12.9. The Morgan fingerprint density at radius 2 is 2.04 bits per heavy atom. The van der Waals surface area contributed by atoms with Crippen molar-refractivity contribution in [3.05, 3.63) is 64.3 Å². The van der Waals surface area contributed by atoms with E-state index in [1.54, 1.807) is 4.68 Å². The Balaban J connectivity index is 2.02. The number of nitrogens with zero attached hydrogens (tertiary/aromatic N) is 2. The van der Waals surface area contributed by atoms with Crippen LogP contribution in [0.2, 0.25) is 0 Å². The molecule has 1 unspecified atom stereocenters. The third-order valence-corrected chi connectivity index (χ3v) is 4.58. The first-order valence-corrected chi connectivity index (χ1v) is 8.40. The number of benzene rings is 2. The SMILES string of the molecule is CCC(Cn1nc2ccccc2c1C(N)=O)c1cccc(Br)c1. The Hall–Kier alpha value is -2.14. The molecule has 0 saturated heterocycles. The summed E-state index contributed by atoms with van der Waals surface area (Å²) in [6.07, 6.45) is 0.949. The van der Waals surface area contributed by atoms with Crippen LogP contribution in [-0.2, 0) is 6.54 Å². The maximum Gasteiger partial charge on any atom is 0.267 e. The van der Waals surface area contributed by atoms with Gasteiger partial charge >= 0.3 is 0 Å². The second-order valence-corrected chi connectivity index (χ2v) is 6.49. The molecule has 3 rings (SSSR count). The first-order chi connectivity index (χ1) is 11.1. The van der Waals surface area contributed by atoms with E-state index in [1.807, 2.05) is 36.4 Å². The third kappa shape index (κ3) is 3.15. The van der Waals surface area contributed by atoms with E-state index in [-0.39, 0.29) is 5.92 Å². The van der Waals surface area contributed by atoms with Gasteiger partial charge in [0.2, 0.25) is 0 Å². The van der Waals surface area contributed by atoms with Gasteiger partial charge in [-0.15, -0.1) is 0 Å². The molecule has 118 valence electrons. The fraction of sp³-hybridized carbons (Fsp3) is 0.222. The summed E-state index contributed by atoms with van der Waals surface area (Å²) in [6.45, 7) is 2.76. The first kappa shape index (κ1) is 15.7. The molecule has 0 saturated carbocycles. The predicted molar refractivity (Wildman–Crippen MR) is 95.4 cm³/mol. The molecule has 0 aliphatic carbocycles. The van der Waals surface area contributed by atoms with Gasteiger partial charge in [0.25, 0.3) is 5.91 Å². The minimum atomic E-state index is -0.442. The lowest BCUT2D eigenvalue weighted by atomic mass is 9.96. The Kier molecular flexibility index (Phi) is 4.48. The quantitative estimate of drug-likeness (QED) is 0.733. The highest BCUT2D eigenvalue weighted by Gasteiger charge is 2.19. The van der Waals surface area contributed by atoms with Crippen molar-refractivity contribution in [3.8, 4) is 0 Å². The van der Waals surface area contributed by atoms with Crippen LogP contribution in [0.4, 0.5) is 0 Å². The highest BCUT2D eigenvalue weighted by molar-refractivity contribution is 9.10. The molecule has 3 aromatic rings. The molecule has 1 heterocycles. The number of primary amides is 1. The standard InChI is InChI=1S/C18H18BrN3O/c1-2-12(13-6-5-7-14(19)10-13)11-22-17(18(20)23)15-8-3-4-9-16(15)21-22/h3-10,12H,2,11H2,1H3,(H2,20,23). The third-order valence-electron chi connectivity index (χ3n) is 4.09. The zero-order chi connectivity index (χ0) is 16.4. The van der Waals surface area contributed by atoms with Gasteiger partial charge in [-0.25, -0.2) is 0 Å². The molecule has 5 heteroatoms. The van der Waals surface area contributed by atoms with Crippen molar-refractivity contribution in [2.24, 2.45) is 5.73 Å². The molecule has 0 spiro atoms. The van der Waals surface area contributed by atoms with Crippen molar-refractivity contribution in [2.75, 3.05) is 0 Å². The monoisotopic (exact) mass is 371 g/mol. The molecule has 2 aromatic carbocycles. The second-order valence-electron chi connectivity index (χ2n) is 5.57. The molecule has 0 radical (unpaired) electrons. The minimum Gasteiger partial charge on any atom is -0.364 e. The number of halogens is 1. The van der Waals surface area contributed by atoms with Crippen LogP contribution in [0.15, 0.2) is 53.0 Å². The first-order valence-electron chi connectivity index (χ1n) is 7.61. The molecule has 0 bridgehead atoms. The van der Waals surface area contributed by atoms with Gasteiger partial charge in [-0.1, -0.05) is 53.2 Å². The molecular weight excluding hydrogens is 354 g/mol. The Labute approximate surface area is 143 Å². The van der Waals surface area contributed by atoms with Gasteiger partial charge in [-0.05, 0) is 30.2 Å². The number of carbonyl (C=O) groups is 1. The maximum atomic E-state index is 11.9. The number of amides is 1. The van der Waals surface area contributed by atoms with Crippen LogP contribution in [0.5, 0.6) is 0 Å². The van der Waals surface area contributed by atoms with E-state index in [0.717, 1.165) is 21.8 Å². The summed E-state index contributed by atoms with van der Waals surface area (Å²) in [5.41, 5.74) is 8.09. The Morgan fingerprint density at radius 3 is 2.74 bits per heavy atom. The number of hydrogen-bond acceptors (Lipinski definition) is 2. The Morgan fingerprint density at radius 1 is 1.26 bits per heavy atom. The predicted octanol–water partition coefficient (Wildman–Crippen LogP) is 4.09. The molecule has 0 aliphatic heterocycles. The van der Waals surface area contributed by atoms with E-state index in [0.29, 0.717) is 12.2 Å². The van der Waals surface area contributed by atoms with E-state index in [1.165, 1.54) is 5.56 Å². The molecule has 2 N–H and O–H groups in total. The van der Waals surface area contributed by atoms with Crippen molar-refractivity contribution in [1.29, 1.82) is 0 Å². The van der Waals surface area contributed by atoms with Gasteiger partial charge in [0.1, 0.15) is 5.69 Å². The number of rotatable bonds is 5. The smallest absolute Gasteiger partial charge is 0.267 e. The Bertz CT molecular complexity index is 856. The lowest BCUT2D eigenvalue weighted by Crippen LogP contribution is -2.20. The second kappa shape index (κ2) is 6.54. The summed E-state index contributed by atoms with van der Waals surface area (Å²) in [7, 11) is 0. The van der Waals surface area contributed by atoms with Crippen LogP contribution >= 0.6 is 15.9 Å². The van der Waals surface area contributed by atoms with Crippen LogP contribution in [0, 0.1) is 0 Å². The fourth-order valence-corrected chi connectivity index (χ4v) is 3.33. The van der Waals surface area contributed by atoms with Crippen molar-refractivity contribution in [2.45, 2.75) is 25.8 Å². The lowest BCUT2D eigenvalue weighted by Gasteiger charge is -2.17. The van der Waals surface area contributed by atoms with Crippen LogP contribution in [-0.4, -0.2) is 15.7 Å². The summed E-state index contributed by atoms with van der Waals surface area (Å²) in [6, 6.07) is 15.8. The zero-order valence-corrected chi connectivity index (χ0v) is 14.5. The van der Waals surface area contributed by atoms with Crippen molar-refractivity contribution in [3.63, 3.8) is 0 Å². The number of aromatic nitrogens is 2. The average molecular weight is 372 g/mol. The van der Waals surface area contributed by atoms with Crippen LogP contribution in [0.25, 0.3) is 10.9 Å². The van der Waals surface area contributed by atoms with Gasteiger partial charge < -0.3 is 5.73 Å². The normalized spacial score (nSPS) is 12.4. The molecule has 1 aromatic heterocycles. The molecule has 4 nitrogen and oxygen atoms in total. The number of carbonyl (C=O) groups excluding carboxylic acids is 1. The van der Waals surface area contributed by atoms with Crippen molar-refractivity contribution in [1.82, 2.24) is 9.78 Å². The molecule has 1 atom stereocenters. The summed E-state index contributed by atoms with van der Waals surface area (Å²) in [5.74, 6) is -0.178. The average Bonchev–Trinajstić information content (AvgIpc) is 2.90. The van der Waals surface area contributed by atoms with Gasteiger partial charge in [-0.2, -0.15) is 5.10 Å². The van der Waals surface area contributed by atoms with E-state index in [9.17, 15) is 4.79 Å². The van der Waals surface area contributed by atoms with Crippen molar-refractivity contribution < 1.29 is 4.79 Å². The molecule has 0 fully saturated rings. The highest BCUT2D eigenvalue weighted by Crippen LogP contribution is 2.26. The molecule has 0 aliphatic rings. The van der Waals surface area contributed by atoms with E-state index in [4.69, 9.17) is 5.73 Å². The van der Waals surface area contributed by atoms with E-state index >= 15 is 0 Å². The molecule has 23 heavy (non-hydrogen) atoms. The maximum absolute atomic E-state index is 11.9. The van der Waals surface area contributed by atoms with Gasteiger partial charge in [-0.3, -0.25) is 9.48 Å². The van der Waals surface area contributed by atoms with E-state index < -0.39 is 5.91 Å². The molecular formula is C18H18BrN3O. The number of hydrogen-bond donors (Lipinski definition) is 1. The van der Waals surface area contributed by atoms with Gasteiger partial charge in [0, 0.05) is 22.3 Å².